The number of hydrogen-bond acceptors (Lipinski definition) is 3. The summed E-state index contributed by atoms with van der Waals surface area (Å²) in [6.45, 7) is 5.90. The van der Waals surface area contributed by atoms with Crippen LogP contribution in [0.25, 0.3) is 0 Å². The minimum Gasteiger partial charge on any atom is -0.338 e. The Labute approximate surface area is 163 Å². The van der Waals surface area contributed by atoms with Crippen LogP contribution in [0.5, 0.6) is 0 Å². The molecule has 1 unspecified atom stereocenters. The molecule has 2 aliphatic heterocycles. The zero-order valence-corrected chi connectivity index (χ0v) is 16.4. The van der Waals surface area contributed by atoms with Crippen LogP contribution >= 0.6 is 0 Å². The van der Waals surface area contributed by atoms with Gasteiger partial charge in [-0.05, 0) is 68.5 Å². The van der Waals surface area contributed by atoms with Crippen molar-refractivity contribution >= 4 is 6.03 Å². The van der Waals surface area contributed by atoms with Crippen molar-refractivity contribution in [2.45, 2.75) is 44.7 Å². The van der Waals surface area contributed by atoms with Crippen molar-refractivity contribution < 1.29 is 4.79 Å². The van der Waals surface area contributed by atoms with Crippen molar-refractivity contribution in [1.29, 1.82) is 0 Å². The number of piperidine rings is 2. The van der Waals surface area contributed by atoms with Gasteiger partial charge in [0.1, 0.15) is 0 Å². The predicted molar refractivity (Wildman–Crippen MR) is 108 cm³/mol. The number of urea groups is 1. The Morgan fingerprint density at radius 2 is 1.70 bits per heavy atom. The van der Waals surface area contributed by atoms with Crippen LogP contribution in [-0.2, 0) is 6.54 Å². The van der Waals surface area contributed by atoms with E-state index in [1.165, 1.54) is 44.3 Å². The Balaban J connectivity index is 1.13. The molecule has 4 rings (SSSR count). The van der Waals surface area contributed by atoms with Gasteiger partial charge < -0.3 is 16.0 Å². The Kier molecular flexibility index (Phi) is 5.98. The first-order valence-corrected chi connectivity index (χ1v) is 10.7. The summed E-state index contributed by atoms with van der Waals surface area (Å²) >= 11 is 0. The number of nitrogens with one attached hydrogen (secondary N) is 1. The number of rotatable bonds is 5. The first-order valence-electron chi connectivity index (χ1n) is 10.7. The van der Waals surface area contributed by atoms with Crippen molar-refractivity contribution in [2.75, 3.05) is 32.7 Å². The maximum absolute atomic E-state index is 12.5. The molecule has 5 heteroatoms. The van der Waals surface area contributed by atoms with Crippen molar-refractivity contribution in [1.82, 2.24) is 15.1 Å². The first kappa shape index (κ1) is 18.8. The van der Waals surface area contributed by atoms with Crippen LogP contribution in [0.2, 0.25) is 0 Å². The van der Waals surface area contributed by atoms with Crippen molar-refractivity contribution in [3.8, 4) is 0 Å². The smallest absolute Gasteiger partial charge is 0.317 e. The van der Waals surface area contributed by atoms with E-state index in [-0.39, 0.29) is 6.03 Å². The van der Waals surface area contributed by atoms with Crippen LogP contribution < -0.4 is 11.1 Å². The van der Waals surface area contributed by atoms with Gasteiger partial charge in [-0.1, -0.05) is 30.3 Å². The SMILES string of the molecule is NC1[C@@H]2CC[C@H]1CN(C(=O)NCCC1CCN(Cc3ccccc3)CC1)C2. The summed E-state index contributed by atoms with van der Waals surface area (Å²) in [5, 5.41) is 3.17. The number of amides is 2. The Bertz CT molecular complexity index is 600. The number of carbonyl (C=O) groups is 1. The van der Waals surface area contributed by atoms with Gasteiger partial charge in [0, 0.05) is 32.2 Å². The average Bonchev–Trinajstić information content (AvgIpc) is 2.90. The average molecular weight is 371 g/mol. The van der Waals surface area contributed by atoms with Crippen molar-refractivity contribution in [3.05, 3.63) is 35.9 Å². The Hall–Kier alpha value is -1.59. The summed E-state index contributed by atoms with van der Waals surface area (Å²) in [5.41, 5.74) is 7.64. The topological polar surface area (TPSA) is 61.6 Å². The molecule has 0 aromatic heterocycles. The van der Waals surface area contributed by atoms with Gasteiger partial charge >= 0.3 is 6.03 Å². The highest BCUT2D eigenvalue weighted by molar-refractivity contribution is 5.74. The van der Waals surface area contributed by atoms with Crippen LogP contribution in [0.15, 0.2) is 30.3 Å². The summed E-state index contributed by atoms with van der Waals surface area (Å²) in [6.07, 6.45) is 5.97. The van der Waals surface area contributed by atoms with Crippen LogP contribution in [0.3, 0.4) is 0 Å². The molecule has 2 saturated heterocycles. The van der Waals surface area contributed by atoms with Gasteiger partial charge in [0.2, 0.25) is 0 Å². The number of hydrogen-bond donors (Lipinski definition) is 2. The summed E-state index contributed by atoms with van der Waals surface area (Å²) in [4.78, 5) is 17.0. The fourth-order valence-electron chi connectivity index (χ4n) is 5.20. The summed E-state index contributed by atoms with van der Waals surface area (Å²) in [5.74, 6) is 1.77. The molecule has 148 valence electrons. The molecule has 2 heterocycles. The highest BCUT2D eigenvalue weighted by Crippen LogP contribution is 2.35. The molecule has 0 spiro atoms. The lowest BCUT2D eigenvalue weighted by atomic mass is 9.93. The molecule has 1 aromatic carbocycles. The van der Waals surface area contributed by atoms with Crippen molar-refractivity contribution in [3.63, 3.8) is 0 Å². The molecule has 5 nitrogen and oxygen atoms in total. The number of likely N-dealkylation sites (tertiary alicyclic amines) is 2. The predicted octanol–water partition coefficient (Wildman–Crippen LogP) is 2.67. The Morgan fingerprint density at radius 3 is 2.37 bits per heavy atom. The summed E-state index contributed by atoms with van der Waals surface area (Å²) in [6, 6.07) is 11.2. The van der Waals surface area contributed by atoms with Gasteiger partial charge in [-0.2, -0.15) is 0 Å². The number of fused-ring (bicyclic) bond motifs is 2. The maximum Gasteiger partial charge on any atom is 0.317 e. The van der Waals surface area contributed by atoms with Gasteiger partial charge in [0.15, 0.2) is 0 Å². The highest BCUT2D eigenvalue weighted by atomic mass is 16.2. The lowest BCUT2D eigenvalue weighted by molar-refractivity contribution is 0.147. The monoisotopic (exact) mass is 370 g/mol. The molecule has 27 heavy (non-hydrogen) atoms. The fourth-order valence-corrected chi connectivity index (χ4v) is 5.20. The number of nitrogens with zero attached hydrogens (tertiary/aromatic N) is 2. The second-order valence-corrected chi connectivity index (χ2v) is 8.81. The third kappa shape index (κ3) is 4.64. The van der Waals surface area contributed by atoms with E-state index in [0.717, 1.165) is 38.5 Å². The summed E-state index contributed by atoms with van der Waals surface area (Å²) < 4.78 is 0. The number of carbonyl (C=O) groups excluding carboxylic acids is 1. The van der Waals surface area contributed by atoms with E-state index in [9.17, 15) is 4.79 Å². The minimum atomic E-state index is 0.125. The summed E-state index contributed by atoms with van der Waals surface area (Å²) in [7, 11) is 0. The van der Waals surface area contributed by atoms with Gasteiger partial charge in [0.25, 0.3) is 0 Å². The van der Waals surface area contributed by atoms with Crippen LogP contribution in [-0.4, -0.2) is 54.6 Å². The van der Waals surface area contributed by atoms with E-state index in [1.807, 2.05) is 4.90 Å². The first-order chi connectivity index (χ1) is 13.2. The van der Waals surface area contributed by atoms with E-state index in [2.05, 4.69) is 40.5 Å². The van der Waals surface area contributed by atoms with Gasteiger partial charge in [-0.15, -0.1) is 0 Å². The van der Waals surface area contributed by atoms with Gasteiger partial charge in [-0.3, -0.25) is 4.90 Å². The molecule has 1 saturated carbocycles. The third-order valence-corrected chi connectivity index (χ3v) is 6.98. The second kappa shape index (κ2) is 8.61. The van der Waals surface area contributed by atoms with E-state index in [1.54, 1.807) is 0 Å². The minimum absolute atomic E-state index is 0.125. The molecule has 3 fully saturated rings. The molecular weight excluding hydrogens is 336 g/mol. The molecule has 3 aliphatic rings. The molecule has 3 N–H and O–H groups in total. The van der Waals surface area contributed by atoms with Crippen LogP contribution in [0.4, 0.5) is 4.79 Å². The van der Waals surface area contributed by atoms with E-state index >= 15 is 0 Å². The van der Waals surface area contributed by atoms with E-state index in [0.29, 0.717) is 17.9 Å². The number of benzene rings is 1. The van der Waals surface area contributed by atoms with Crippen LogP contribution in [0, 0.1) is 17.8 Å². The van der Waals surface area contributed by atoms with E-state index in [4.69, 9.17) is 5.73 Å². The Morgan fingerprint density at radius 1 is 1.04 bits per heavy atom. The fraction of sp³-hybridized carbons (Fsp3) is 0.682. The molecule has 2 bridgehead atoms. The lowest BCUT2D eigenvalue weighted by Crippen LogP contribution is -2.53. The normalized spacial score (nSPS) is 29.1. The molecule has 0 radical (unpaired) electrons. The van der Waals surface area contributed by atoms with Gasteiger partial charge in [-0.25, -0.2) is 4.79 Å². The quantitative estimate of drug-likeness (QED) is 0.838. The molecule has 3 atom stereocenters. The van der Waals surface area contributed by atoms with Crippen LogP contribution in [0.1, 0.15) is 37.7 Å². The molecule has 1 aromatic rings. The molecular formula is C22H34N4O. The van der Waals surface area contributed by atoms with Gasteiger partial charge in [0.05, 0.1) is 0 Å². The zero-order valence-electron chi connectivity index (χ0n) is 16.4. The molecule has 1 aliphatic carbocycles. The van der Waals surface area contributed by atoms with Crippen molar-refractivity contribution in [2.24, 2.45) is 23.5 Å². The zero-order chi connectivity index (χ0) is 18.6. The third-order valence-electron chi connectivity index (χ3n) is 6.98. The van der Waals surface area contributed by atoms with E-state index < -0.39 is 0 Å². The maximum atomic E-state index is 12.5. The largest absolute Gasteiger partial charge is 0.338 e. The lowest BCUT2D eigenvalue weighted by Gasteiger charge is -2.36. The molecule has 2 amide bonds. The second-order valence-electron chi connectivity index (χ2n) is 8.81. The number of nitrogens with two attached hydrogens (primary N) is 1. The highest BCUT2D eigenvalue weighted by Gasteiger charge is 2.41. The standard InChI is InChI=1S/C22H34N4O/c23-21-19-6-7-20(21)16-26(15-19)22(27)24-11-8-17-9-12-25(13-10-17)14-18-4-2-1-3-5-18/h1-5,17,19-21H,6-16,23H2,(H,24,27)/t19-,20+,21?.